The van der Waals surface area contributed by atoms with Gasteiger partial charge in [-0.2, -0.15) is 5.26 Å². The number of aliphatic hydroxyl groups is 1. The third-order valence-electron chi connectivity index (χ3n) is 3.11. The van der Waals surface area contributed by atoms with Crippen LogP contribution in [0.1, 0.15) is 38.0 Å². The molecule has 0 saturated heterocycles. The molecule has 0 aromatic heterocycles. The van der Waals surface area contributed by atoms with Gasteiger partial charge >= 0.3 is 0 Å². The summed E-state index contributed by atoms with van der Waals surface area (Å²) in [5.74, 6) is -0.424. The molecule has 0 fully saturated rings. The van der Waals surface area contributed by atoms with E-state index in [1.54, 1.807) is 24.3 Å². The number of benzene rings is 1. The van der Waals surface area contributed by atoms with Crippen LogP contribution in [0.5, 0.6) is 0 Å². The number of β-amino-alcohol motifs (C(OH)–C–C–N with tert-alkyl or cyclic N) is 1. The number of nitriles is 1. The van der Waals surface area contributed by atoms with Gasteiger partial charge in [-0.25, -0.2) is 0 Å². The summed E-state index contributed by atoms with van der Waals surface area (Å²) in [7, 11) is 0. The van der Waals surface area contributed by atoms with E-state index in [1.165, 1.54) is 0 Å². The number of nitrogens with two attached hydrogens (primary N) is 1. The van der Waals surface area contributed by atoms with E-state index in [0.29, 0.717) is 17.7 Å². The number of primary amides is 1. The Bertz CT molecular complexity index is 497. The molecule has 3 N–H and O–H groups in total. The lowest BCUT2D eigenvalue weighted by molar-refractivity contribution is -0.120. The van der Waals surface area contributed by atoms with E-state index in [-0.39, 0.29) is 12.1 Å². The number of carbonyl (C=O) groups is 1. The highest BCUT2D eigenvalue weighted by molar-refractivity contribution is 5.76. The monoisotopic (exact) mass is 275 g/mol. The smallest absolute Gasteiger partial charge is 0.231 e. The van der Waals surface area contributed by atoms with Gasteiger partial charge in [0.1, 0.15) is 0 Å². The number of hydrogen-bond donors (Lipinski definition) is 2. The van der Waals surface area contributed by atoms with Gasteiger partial charge in [-0.05, 0) is 38.5 Å². The molecular formula is C15H21N3O2. The Morgan fingerprint density at radius 1 is 1.40 bits per heavy atom. The molecule has 108 valence electrons. The highest BCUT2D eigenvalue weighted by Crippen LogP contribution is 2.20. The van der Waals surface area contributed by atoms with E-state index >= 15 is 0 Å². The van der Waals surface area contributed by atoms with Gasteiger partial charge in [0, 0.05) is 12.1 Å². The summed E-state index contributed by atoms with van der Waals surface area (Å²) < 4.78 is 0. The topological polar surface area (TPSA) is 90.3 Å². The molecule has 5 heteroatoms. The van der Waals surface area contributed by atoms with Crippen molar-refractivity contribution in [1.29, 1.82) is 5.26 Å². The SMILES string of the molecule is CC(C)(C)N(CC(N)=O)CC(O)c1ccc(C#N)cc1. The number of nitrogens with zero attached hydrogens (tertiary/aromatic N) is 2. The summed E-state index contributed by atoms with van der Waals surface area (Å²) in [6.07, 6.45) is -0.735. The second kappa shape index (κ2) is 6.51. The van der Waals surface area contributed by atoms with Crippen LogP contribution in [-0.2, 0) is 4.79 Å². The van der Waals surface area contributed by atoms with Crippen LogP contribution in [-0.4, -0.2) is 34.5 Å². The van der Waals surface area contributed by atoms with Gasteiger partial charge in [0.25, 0.3) is 0 Å². The molecule has 20 heavy (non-hydrogen) atoms. The molecule has 1 amide bonds. The van der Waals surface area contributed by atoms with E-state index in [9.17, 15) is 9.90 Å². The van der Waals surface area contributed by atoms with Crippen LogP contribution in [0.3, 0.4) is 0 Å². The zero-order valence-corrected chi connectivity index (χ0v) is 12.1. The molecule has 5 nitrogen and oxygen atoms in total. The second-order valence-corrected chi connectivity index (χ2v) is 5.77. The van der Waals surface area contributed by atoms with E-state index in [1.807, 2.05) is 31.7 Å². The first-order valence-corrected chi connectivity index (χ1v) is 6.45. The molecule has 0 aliphatic carbocycles. The highest BCUT2D eigenvalue weighted by atomic mass is 16.3. The highest BCUT2D eigenvalue weighted by Gasteiger charge is 2.25. The number of rotatable bonds is 5. The Hall–Kier alpha value is -1.90. The molecule has 1 unspecified atom stereocenters. The largest absolute Gasteiger partial charge is 0.387 e. The summed E-state index contributed by atoms with van der Waals surface area (Å²) in [5, 5.41) is 19.0. The van der Waals surface area contributed by atoms with Crippen molar-refractivity contribution in [1.82, 2.24) is 4.90 Å². The lowest BCUT2D eigenvalue weighted by Crippen LogP contribution is -2.47. The average molecular weight is 275 g/mol. The van der Waals surface area contributed by atoms with Crippen molar-refractivity contribution in [3.8, 4) is 6.07 Å². The predicted octanol–water partition coefficient (Wildman–Crippen LogP) is 1.18. The maximum Gasteiger partial charge on any atom is 0.231 e. The van der Waals surface area contributed by atoms with Crippen molar-refractivity contribution in [3.63, 3.8) is 0 Å². The summed E-state index contributed by atoms with van der Waals surface area (Å²) in [4.78, 5) is 13.0. The van der Waals surface area contributed by atoms with Crippen molar-refractivity contribution in [3.05, 3.63) is 35.4 Å². The first kappa shape index (κ1) is 16.2. The standard InChI is InChI=1S/C15H21N3O2/c1-15(2,3)18(10-14(17)20)9-13(19)12-6-4-11(8-16)5-7-12/h4-7,13,19H,9-10H2,1-3H3,(H2,17,20). The Labute approximate surface area is 119 Å². The summed E-state index contributed by atoms with van der Waals surface area (Å²) >= 11 is 0. The minimum Gasteiger partial charge on any atom is -0.387 e. The predicted molar refractivity (Wildman–Crippen MR) is 76.6 cm³/mol. The number of hydrogen-bond acceptors (Lipinski definition) is 4. The van der Waals surface area contributed by atoms with Gasteiger partial charge < -0.3 is 10.8 Å². The maximum absolute atomic E-state index is 11.1. The molecular weight excluding hydrogens is 254 g/mol. The van der Waals surface area contributed by atoms with E-state index in [0.717, 1.165) is 0 Å². The maximum atomic E-state index is 11.1. The third kappa shape index (κ3) is 4.65. The van der Waals surface area contributed by atoms with Crippen LogP contribution in [0, 0.1) is 11.3 Å². The number of amides is 1. The van der Waals surface area contributed by atoms with Crippen molar-refractivity contribution in [2.24, 2.45) is 5.73 Å². The van der Waals surface area contributed by atoms with Gasteiger partial charge in [-0.1, -0.05) is 12.1 Å². The molecule has 0 bridgehead atoms. The minimum atomic E-state index is -0.735. The fourth-order valence-corrected chi connectivity index (χ4v) is 1.86. The second-order valence-electron chi connectivity index (χ2n) is 5.77. The Balaban J connectivity index is 2.81. The van der Waals surface area contributed by atoms with Gasteiger partial charge in [0.05, 0.1) is 24.3 Å². The van der Waals surface area contributed by atoms with Gasteiger partial charge in [0.15, 0.2) is 0 Å². The molecule has 1 atom stereocenters. The van der Waals surface area contributed by atoms with Crippen LogP contribution in [0.25, 0.3) is 0 Å². The van der Waals surface area contributed by atoms with Crippen LogP contribution in [0.2, 0.25) is 0 Å². The fourth-order valence-electron chi connectivity index (χ4n) is 1.86. The fraction of sp³-hybridized carbons (Fsp3) is 0.467. The molecule has 1 aromatic rings. The first-order chi connectivity index (χ1) is 9.24. The van der Waals surface area contributed by atoms with E-state index in [2.05, 4.69) is 0 Å². The Morgan fingerprint density at radius 2 is 1.95 bits per heavy atom. The van der Waals surface area contributed by atoms with Crippen molar-refractivity contribution in [2.45, 2.75) is 32.4 Å². The van der Waals surface area contributed by atoms with Crippen LogP contribution in [0.15, 0.2) is 24.3 Å². The zero-order valence-electron chi connectivity index (χ0n) is 12.1. The van der Waals surface area contributed by atoms with Crippen molar-refractivity contribution < 1.29 is 9.90 Å². The van der Waals surface area contributed by atoms with Crippen LogP contribution >= 0.6 is 0 Å². The Morgan fingerprint density at radius 3 is 2.35 bits per heavy atom. The number of aliphatic hydroxyl groups excluding tert-OH is 1. The summed E-state index contributed by atoms with van der Waals surface area (Å²) in [6, 6.07) is 8.79. The summed E-state index contributed by atoms with van der Waals surface area (Å²) in [6.45, 7) is 6.28. The molecule has 0 saturated carbocycles. The minimum absolute atomic E-state index is 0.0941. The van der Waals surface area contributed by atoms with E-state index in [4.69, 9.17) is 11.0 Å². The van der Waals surface area contributed by atoms with Crippen molar-refractivity contribution in [2.75, 3.05) is 13.1 Å². The van der Waals surface area contributed by atoms with Gasteiger partial charge in [0.2, 0.25) is 5.91 Å². The normalized spacial score (nSPS) is 13.0. The molecule has 0 heterocycles. The molecule has 1 rings (SSSR count). The molecule has 0 spiro atoms. The average Bonchev–Trinajstić information content (AvgIpc) is 2.36. The van der Waals surface area contributed by atoms with Crippen LogP contribution < -0.4 is 5.73 Å². The quantitative estimate of drug-likeness (QED) is 0.844. The van der Waals surface area contributed by atoms with Gasteiger partial charge in [-0.3, -0.25) is 9.69 Å². The Kier molecular flexibility index (Phi) is 5.26. The van der Waals surface area contributed by atoms with E-state index < -0.39 is 12.0 Å². The molecule has 0 aliphatic rings. The van der Waals surface area contributed by atoms with Gasteiger partial charge in [-0.15, -0.1) is 0 Å². The number of carbonyl (C=O) groups excluding carboxylic acids is 1. The van der Waals surface area contributed by atoms with Crippen LogP contribution in [0.4, 0.5) is 0 Å². The molecule has 0 aliphatic heterocycles. The summed E-state index contributed by atoms with van der Waals surface area (Å²) in [5.41, 5.74) is 6.23. The third-order valence-corrected chi connectivity index (χ3v) is 3.11. The molecule has 0 radical (unpaired) electrons. The first-order valence-electron chi connectivity index (χ1n) is 6.45. The van der Waals surface area contributed by atoms with Crippen molar-refractivity contribution >= 4 is 5.91 Å². The lowest BCUT2D eigenvalue weighted by atomic mass is 10.0. The zero-order chi connectivity index (χ0) is 15.3. The lowest BCUT2D eigenvalue weighted by Gasteiger charge is -2.36. The molecule has 1 aromatic carbocycles.